The summed E-state index contributed by atoms with van der Waals surface area (Å²) >= 11 is 12.1. The molecule has 0 amide bonds. The highest BCUT2D eigenvalue weighted by Gasteiger charge is 2.08. The number of hydrazone groups is 1. The van der Waals surface area contributed by atoms with E-state index in [0.29, 0.717) is 21.6 Å². The Kier molecular flexibility index (Phi) is 4.70. The molecule has 1 aromatic heterocycles. The first-order valence-corrected chi connectivity index (χ1v) is 7.79. The normalized spacial score (nSPS) is 11.1. The minimum absolute atomic E-state index is 0.549. The van der Waals surface area contributed by atoms with Gasteiger partial charge in [0.15, 0.2) is 0 Å². The predicted octanol–water partition coefficient (Wildman–Crippen LogP) is 6.01. The molecule has 3 aromatic rings. The van der Waals surface area contributed by atoms with Crippen LogP contribution >= 0.6 is 23.2 Å². The average molecular weight is 345 g/mol. The van der Waals surface area contributed by atoms with Crippen molar-refractivity contribution in [3.8, 4) is 11.3 Å². The Morgan fingerprint density at radius 3 is 2.65 bits per heavy atom. The van der Waals surface area contributed by atoms with Crippen LogP contribution in [0.1, 0.15) is 11.3 Å². The monoisotopic (exact) mass is 344 g/mol. The number of halogens is 2. The molecule has 23 heavy (non-hydrogen) atoms. The fourth-order valence-corrected chi connectivity index (χ4v) is 2.62. The summed E-state index contributed by atoms with van der Waals surface area (Å²) in [5, 5.41) is 5.33. The summed E-state index contributed by atoms with van der Waals surface area (Å²) in [6.45, 7) is 2.02. The second kappa shape index (κ2) is 6.90. The molecule has 0 saturated carbocycles. The summed E-state index contributed by atoms with van der Waals surface area (Å²) in [6, 6.07) is 16.9. The Bertz CT molecular complexity index is 856. The Morgan fingerprint density at radius 1 is 1.04 bits per heavy atom. The highest BCUT2D eigenvalue weighted by atomic mass is 35.5. The smallest absolute Gasteiger partial charge is 0.147 e. The van der Waals surface area contributed by atoms with Crippen molar-refractivity contribution in [3.05, 3.63) is 76.0 Å². The minimum Gasteiger partial charge on any atom is -0.455 e. The summed E-state index contributed by atoms with van der Waals surface area (Å²) in [5.74, 6) is 1.30. The number of anilines is 1. The van der Waals surface area contributed by atoms with Crippen LogP contribution in [0.25, 0.3) is 11.3 Å². The van der Waals surface area contributed by atoms with Gasteiger partial charge in [0.1, 0.15) is 11.5 Å². The van der Waals surface area contributed by atoms with Crippen molar-refractivity contribution in [3.63, 3.8) is 0 Å². The van der Waals surface area contributed by atoms with Crippen molar-refractivity contribution in [2.24, 2.45) is 5.10 Å². The largest absolute Gasteiger partial charge is 0.455 e. The van der Waals surface area contributed by atoms with E-state index in [0.717, 1.165) is 16.8 Å². The van der Waals surface area contributed by atoms with E-state index >= 15 is 0 Å². The van der Waals surface area contributed by atoms with Crippen LogP contribution < -0.4 is 5.43 Å². The molecule has 0 radical (unpaired) electrons. The zero-order chi connectivity index (χ0) is 16.2. The standard InChI is InChI=1S/C18H14Cl2N2O/c1-12-4-2-3-5-17(12)22-21-11-14-7-9-18(23-14)15-8-6-13(19)10-16(15)20/h2-11,22H,1H3/b21-11-. The highest BCUT2D eigenvalue weighted by molar-refractivity contribution is 6.36. The van der Waals surface area contributed by atoms with Crippen molar-refractivity contribution in [2.75, 3.05) is 5.43 Å². The van der Waals surface area contributed by atoms with E-state index in [1.165, 1.54) is 0 Å². The molecule has 1 N–H and O–H groups in total. The first kappa shape index (κ1) is 15.7. The Balaban J connectivity index is 1.74. The van der Waals surface area contributed by atoms with Crippen molar-refractivity contribution in [1.29, 1.82) is 0 Å². The van der Waals surface area contributed by atoms with Gasteiger partial charge in [0, 0.05) is 10.6 Å². The third-order valence-electron chi connectivity index (χ3n) is 3.35. The molecular weight excluding hydrogens is 331 g/mol. The van der Waals surface area contributed by atoms with Crippen molar-refractivity contribution < 1.29 is 4.42 Å². The maximum absolute atomic E-state index is 6.18. The predicted molar refractivity (Wildman–Crippen MR) is 96.6 cm³/mol. The average Bonchev–Trinajstić information content (AvgIpc) is 2.98. The van der Waals surface area contributed by atoms with E-state index in [1.54, 1.807) is 18.3 Å². The lowest BCUT2D eigenvalue weighted by Crippen LogP contribution is -1.91. The molecule has 0 unspecified atom stereocenters. The molecule has 0 bridgehead atoms. The van der Waals surface area contributed by atoms with Crippen molar-refractivity contribution >= 4 is 35.1 Å². The van der Waals surface area contributed by atoms with Crippen LogP contribution in [-0.4, -0.2) is 6.21 Å². The number of hydrogen-bond donors (Lipinski definition) is 1. The van der Waals surface area contributed by atoms with Crippen molar-refractivity contribution in [2.45, 2.75) is 6.92 Å². The fourth-order valence-electron chi connectivity index (χ4n) is 2.12. The van der Waals surface area contributed by atoms with Crippen LogP contribution in [-0.2, 0) is 0 Å². The van der Waals surface area contributed by atoms with Gasteiger partial charge in [-0.15, -0.1) is 0 Å². The molecule has 5 heteroatoms. The van der Waals surface area contributed by atoms with Gasteiger partial charge in [-0.05, 0) is 48.9 Å². The Morgan fingerprint density at radius 2 is 1.87 bits per heavy atom. The van der Waals surface area contributed by atoms with Gasteiger partial charge in [-0.2, -0.15) is 5.10 Å². The van der Waals surface area contributed by atoms with E-state index in [-0.39, 0.29) is 0 Å². The van der Waals surface area contributed by atoms with Crippen LogP contribution in [0.15, 0.2) is 64.1 Å². The number of benzene rings is 2. The van der Waals surface area contributed by atoms with E-state index < -0.39 is 0 Å². The maximum Gasteiger partial charge on any atom is 0.147 e. The van der Waals surface area contributed by atoms with Gasteiger partial charge < -0.3 is 4.42 Å². The van der Waals surface area contributed by atoms with Crippen LogP contribution in [0.2, 0.25) is 10.0 Å². The number of furan rings is 1. The third kappa shape index (κ3) is 3.76. The molecule has 0 saturated heterocycles. The van der Waals surface area contributed by atoms with Crippen LogP contribution in [0.3, 0.4) is 0 Å². The lowest BCUT2D eigenvalue weighted by atomic mass is 10.2. The lowest BCUT2D eigenvalue weighted by molar-refractivity contribution is 0.575. The zero-order valence-corrected chi connectivity index (χ0v) is 13.9. The molecule has 116 valence electrons. The van der Waals surface area contributed by atoms with Crippen LogP contribution in [0, 0.1) is 6.92 Å². The Hall–Kier alpha value is -2.23. The van der Waals surface area contributed by atoms with Gasteiger partial charge in [0.2, 0.25) is 0 Å². The fraction of sp³-hybridized carbons (Fsp3) is 0.0556. The number of hydrogen-bond acceptors (Lipinski definition) is 3. The van der Waals surface area contributed by atoms with Gasteiger partial charge in [0.25, 0.3) is 0 Å². The van der Waals surface area contributed by atoms with E-state index in [2.05, 4.69) is 10.5 Å². The van der Waals surface area contributed by atoms with Crippen LogP contribution in [0.5, 0.6) is 0 Å². The van der Waals surface area contributed by atoms with Gasteiger partial charge in [-0.3, -0.25) is 5.43 Å². The quantitative estimate of drug-likeness (QED) is 0.465. The number of rotatable bonds is 4. The van der Waals surface area contributed by atoms with Gasteiger partial charge in [-0.25, -0.2) is 0 Å². The summed E-state index contributed by atoms with van der Waals surface area (Å²) < 4.78 is 5.74. The van der Waals surface area contributed by atoms with E-state index in [4.69, 9.17) is 27.6 Å². The summed E-state index contributed by atoms with van der Waals surface area (Å²) in [7, 11) is 0. The molecule has 0 aliphatic heterocycles. The zero-order valence-electron chi connectivity index (χ0n) is 12.4. The molecule has 3 rings (SSSR count). The number of aryl methyl sites for hydroxylation is 1. The molecule has 0 aliphatic rings. The van der Waals surface area contributed by atoms with E-state index in [1.807, 2.05) is 49.4 Å². The summed E-state index contributed by atoms with van der Waals surface area (Å²) in [5.41, 5.74) is 5.87. The Labute approximate surface area is 144 Å². The molecular formula is C18H14Cl2N2O. The van der Waals surface area contributed by atoms with Gasteiger partial charge in [0.05, 0.1) is 16.9 Å². The molecule has 0 spiro atoms. The van der Waals surface area contributed by atoms with Gasteiger partial charge in [-0.1, -0.05) is 41.4 Å². The summed E-state index contributed by atoms with van der Waals surface area (Å²) in [6.07, 6.45) is 1.62. The highest BCUT2D eigenvalue weighted by Crippen LogP contribution is 2.31. The minimum atomic E-state index is 0.549. The lowest BCUT2D eigenvalue weighted by Gasteiger charge is -2.02. The number of para-hydroxylation sites is 1. The number of nitrogens with zero attached hydrogens (tertiary/aromatic N) is 1. The third-order valence-corrected chi connectivity index (χ3v) is 3.89. The summed E-state index contributed by atoms with van der Waals surface area (Å²) in [4.78, 5) is 0. The SMILES string of the molecule is Cc1ccccc1N/N=C\c1ccc(-c2ccc(Cl)cc2Cl)o1. The molecule has 3 nitrogen and oxygen atoms in total. The second-order valence-corrected chi connectivity index (χ2v) is 5.85. The molecule has 1 heterocycles. The molecule has 2 aromatic carbocycles. The van der Waals surface area contributed by atoms with E-state index in [9.17, 15) is 0 Å². The van der Waals surface area contributed by atoms with Gasteiger partial charge >= 0.3 is 0 Å². The topological polar surface area (TPSA) is 37.5 Å². The number of nitrogens with one attached hydrogen (secondary N) is 1. The first-order valence-electron chi connectivity index (χ1n) is 7.03. The molecule has 0 aliphatic carbocycles. The molecule has 0 atom stereocenters. The molecule has 0 fully saturated rings. The maximum atomic E-state index is 6.18. The second-order valence-electron chi connectivity index (χ2n) is 5.01. The van der Waals surface area contributed by atoms with Crippen molar-refractivity contribution in [1.82, 2.24) is 0 Å². The van der Waals surface area contributed by atoms with Crippen LogP contribution in [0.4, 0.5) is 5.69 Å². The first-order chi connectivity index (χ1) is 11.1.